The van der Waals surface area contributed by atoms with Gasteiger partial charge in [-0.2, -0.15) is 4.31 Å². The molecule has 9 heteroatoms. The second-order valence-electron chi connectivity index (χ2n) is 8.50. The average Bonchev–Trinajstić information content (AvgIpc) is 2.73. The quantitative estimate of drug-likeness (QED) is 0.650. The highest BCUT2D eigenvalue weighted by Gasteiger charge is 2.31. The number of likely N-dealkylation sites (N-methyl/N-ethyl adjacent to an activating group) is 1. The van der Waals surface area contributed by atoms with Gasteiger partial charge in [0.15, 0.2) is 0 Å². The first kappa shape index (κ1) is 24.6. The minimum atomic E-state index is -3.80. The summed E-state index contributed by atoms with van der Waals surface area (Å²) in [5.74, 6) is -0.497. The van der Waals surface area contributed by atoms with E-state index >= 15 is 0 Å². The highest BCUT2D eigenvalue weighted by atomic mass is 35.5. The Bertz CT molecular complexity index is 1080. The van der Waals surface area contributed by atoms with Crippen LogP contribution < -0.4 is 5.32 Å². The number of nitrogens with one attached hydrogen (secondary N) is 1. The van der Waals surface area contributed by atoms with Gasteiger partial charge < -0.3 is 10.2 Å². The first-order valence-electron chi connectivity index (χ1n) is 10.6. The van der Waals surface area contributed by atoms with Crippen LogP contribution in [-0.2, 0) is 10.0 Å². The largest absolute Gasteiger partial charge is 0.350 e. The summed E-state index contributed by atoms with van der Waals surface area (Å²) >= 11 is 6.23. The second-order valence-corrected chi connectivity index (χ2v) is 10.8. The molecule has 32 heavy (non-hydrogen) atoms. The number of hydrogen-bond acceptors (Lipinski definition) is 4. The van der Waals surface area contributed by atoms with Gasteiger partial charge in [0.2, 0.25) is 10.0 Å². The first-order valence-corrected chi connectivity index (χ1v) is 12.4. The molecule has 174 valence electrons. The molecule has 2 aromatic rings. The molecule has 0 aromatic heterocycles. The Morgan fingerprint density at radius 3 is 2.69 bits per heavy atom. The molecule has 1 saturated heterocycles. The number of carbonyl (C=O) groups excluding carboxylic acids is 1. The molecule has 1 aliphatic heterocycles. The molecule has 2 unspecified atom stereocenters. The molecule has 2 atom stereocenters. The average molecular weight is 482 g/mol. The van der Waals surface area contributed by atoms with Crippen LogP contribution in [0.25, 0.3) is 0 Å². The van der Waals surface area contributed by atoms with E-state index in [2.05, 4.69) is 5.32 Å². The predicted octanol–water partition coefficient (Wildman–Crippen LogP) is 3.93. The van der Waals surface area contributed by atoms with E-state index in [1.165, 1.54) is 34.6 Å². The van der Waals surface area contributed by atoms with Crippen LogP contribution in [0.5, 0.6) is 0 Å². The van der Waals surface area contributed by atoms with Gasteiger partial charge in [0.1, 0.15) is 10.7 Å². The van der Waals surface area contributed by atoms with Crippen LogP contribution in [0.3, 0.4) is 0 Å². The summed E-state index contributed by atoms with van der Waals surface area (Å²) in [6, 6.07) is 10.2. The number of piperidine rings is 1. The lowest BCUT2D eigenvalue weighted by molar-refractivity contribution is 0.0941. The van der Waals surface area contributed by atoms with Crippen LogP contribution in [-0.4, -0.2) is 57.3 Å². The monoisotopic (exact) mass is 481 g/mol. The molecule has 1 amide bonds. The normalized spacial score (nSPS) is 18.5. The molecule has 0 saturated carbocycles. The van der Waals surface area contributed by atoms with Crippen molar-refractivity contribution in [1.29, 1.82) is 0 Å². The Morgan fingerprint density at radius 1 is 1.28 bits per heavy atom. The molecule has 0 radical (unpaired) electrons. The molecular weight excluding hydrogens is 453 g/mol. The van der Waals surface area contributed by atoms with Crippen molar-refractivity contribution in [2.75, 3.05) is 33.7 Å². The first-order chi connectivity index (χ1) is 15.1. The third-order valence-electron chi connectivity index (χ3n) is 5.74. The lowest BCUT2D eigenvalue weighted by Gasteiger charge is -2.30. The maximum absolute atomic E-state index is 13.6. The van der Waals surface area contributed by atoms with Gasteiger partial charge in [-0.25, -0.2) is 12.8 Å². The third-order valence-corrected chi connectivity index (χ3v) is 8.09. The summed E-state index contributed by atoms with van der Waals surface area (Å²) in [4.78, 5) is 14.7. The second kappa shape index (κ2) is 10.3. The Kier molecular flexibility index (Phi) is 7.92. The number of sulfonamides is 1. The Morgan fingerprint density at radius 2 is 2.03 bits per heavy atom. The number of halogens is 2. The molecule has 0 spiro atoms. The van der Waals surface area contributed by atoms with Crippen molar-refractivity contribution in [2.45, 2.75) is 30.7 Å². The summed E-state index contributed by atoms with van der Waals surface area (Å²) in [5, 5.41) is 2.92. The van der Waals surface area contributed by atoms with Crippen LogP contribution in [0.15, 0.2) is 47.4 Å². The lowest BCUT2D eigenvalue weighted by Crippen LogP contribution is -2.39. The van der Waals surface area contributed by atoms with Gasteiger partial charge in [0, 0.05) is 25.2 Å². The van der Waals surface area contributed by atoms with Gasteiger partial charge in [-0.05, 0) is 68.8 Å². The Labute approximate surface area is 194 Å². The van der Waals surface area contributed by atoms with E-state index in [0.29, 0.717) is 13.1 Å². The van der Waals surface area contributed by atoms with Crippen LogP contribution >= 0.6 is 11.6 Å². The number of rotatable bonds is 7. The van der Waals surface area contributed by atoms with E-state index in [-0.39, 0.29) is 39.8 Å². The van der Waals surface area contributed by atoms with E-state index in [4.69, 9.17) is 11.6 Å². The maximum atomic E-state index is 13.6. The summed E-state index contributed by atoms with van der Waals surface area (Å²) in [7, 11) is -0.119. The van der Waals surface area contributed by atoms with Crippen molar-refractivity contribution in [3.05, 3.63) is 64.4 Å². The number of benzene rings is 2. The summed E-state index contributed by atoms with van der Waals surface area (Å²) in [6.45, 7) is 3.13. The van der Waals surface area contributed by atoms with Crippen LogP contribution in [0.1, 0.15) is 41.7 Å². The van der Waals surface area contributed by atoms with Gasteiger partial charge in [-0.1, -0.05) is 30.7 Å². The van der Waals surface area contributed by atoms with Crippen molar-refractivity contribution in [2.24, 2.45) is 5.92 Å². The van der Waals surface area contributed by atoms with Crippen LogP contribution in [0.2, 0.25) is 5.02 Å². The molecule has 0 bridgehead atoms. The van der Waals surface area contributed by atoms with Gasteiger partial charge in [0.05, 0.1) is 11.1 Å². The fraction of sp³-hybridized carbons (Fsp3) is 0.435. The molecular formula is C23H29ClFN3O3S. The van der Waals surface area contributed by atoms with Crippen molar-refractivity contribution in [3.63, 3.8) is 0 Å². The minimum absolute atomic E-state index is 0.0600. The highest BCUT2D eigenvalue weighted by Crippen LogP contribution is 2.29. The van der Waals surface area contributed by atoms with Gasteiger partial charge in [-0.3, -0.25) is 4.79 Å². The van der Waals surface area contributed by atoms with Gasteiger partial charge >= 0.3 is 0 Å². The topological polar surface area (TPSA) is 69.7 Å². The minimum Gasteiger partial charge on any atom is -0.350 e. The van der Waals surface area contributed by atoms with Gasteiger partial charge in [0.25, 0.3) is 5.91 Å². The zero-order valence-corrected chi connectivity index (χ0v) is 20.1. The summed E-state index contributed by atoms with van der Waals surface area (Å²) in [5.41, 5.74) is 0.934. The number of hydrogen-bond donors (Lipinski definition) is 1. The number of carbonyl (C=O) groups is 1. The predicted molar refractivity (Wildman–Crippen MR) is 124 cm³/mol. The smallest absolute Gasteiger partial charge is 0.251 e. The summed E-state index contributed by atoms with van der Waals surface area (Å²) in [6.07, 6.45) is 1.78. The van der Waals surface area contributed by atoms with Crippen molar-refractivity contribution in [1.82, 2.24) is 14.5 Å². The Balaban J connectivity index is 1.79. The van der Waals surface area contributed by atoms with E-state index in [9.17, 15) is 17.6 Å². The molecule has 1 N–H and O–H groups in total. The van der Waals surface area contributed by atoms with Crippen molar-refractivity contribution < 1.29 is 17.6 Å². The number of amides is 1. The zero-order valence-electron chi connectivity index (χ0n) is 18.5. The molecule has 2 aromatic carbocycles. The van der Waals surface area contributed by atoms with E-state index in [1.54, 1.807) is 12.1 Å². The van der Waals surface area contributed by atoms with Crippen molar-refractivity contribution >= 4 is 27.5 Å². The molecule has 1 aliphatic rings. The molecule has 3 rings (SSSR count). The van der Waals surface area contributed by atoms with Crippen LogP contribution in [0.4, 0.5) is 4.39 Å². The van der Waals surface area contributed by atoms with E-state index in [0.717, 1.165) is 18.4 Å². The molecule has 1 heterocycles. The lowest BCUT2D eigenvalue weighted by atomic mass is 10.0. The van der Waals surface area contributed by atoms with E-state index < -0.39 is 15.9 Å². The Hall–Kier alpha value is -2.00. The fourth-order valence-electron chi connectivity index (χ4n) is 3.95. The SMILES string of the molecule is CC1CCCN(S(=O)(=O)c2cc(C(=O)NCC(c3cccc(F)c3)N(C)C)ccc2Cl)C1. The van der Waals surface area contributed by atoms with Crippen molar-refractivity contribution in [3.8, 4) is 0 Å². The van der Waals surface area contributed by atoms with Crippen LogP contribution in [0, 0.1) is 11.7 Å². The third kappa shape index (κ3) is 5.67. The summed E-state index contributed by atoms with van der Waals surface area (Å²) < 4.78 is 41.4. The van der Waals surface area contributed by atoms with E-state index in [1.807, 2.05) is 25.9 Å². The maximum Gasteiger partial charge on any atom is 0.251 e. The fourth-order valence-corrected chi connectivity index (χ4v) is 6.05. The standard InChI is InChI=1S/C23H29ClFN3O3S/c1-16-6-5-11-28(15-16)32(30,31)22-13-18(9-10-20(22)24)23(29)26-14-21(27(2)3)17-7-4-8-19(25)12-17/h4,7-10,12-13,16,21H,5-6,11,14-15H2,1-3H3,(H,26,29). The highest BCUT2D eigenvalue weighted by molar-refractivity contribution is 7.89. The molecule has 6 nitrogen and oxygen atoms in total. The van der Waals surface area contributed by atoms with Gasteiger partial charge in [-0.15, -0.1) is 0 Å². The molecule has 0 aliphatic carbocycles. The number of nitrogens with zero attached hydrogens (tertiary/aromatic N) is 2. The molecule has 1 fully saturated rings. The zero-order chi connectivity index (χ0) is 23.5.